The van der Waals surface area contributed by atoms with Gasteiger partial charge >= 0.3 is 5.97 Å². The molecule has 0 spiro atoms. The summed E-state index contributed by atoms with van der Waals surface area (Å²) < 4.78 is 0.877. The molecule has 0 aliphatic carbocycles. The Morgan fingerprint density at radius 3 is 2.69 bits per heavy atom. The van der Waals surface area contributed by atoms with Crippen LogP contribution in [0.15, 0.2) is 22.7 Å². The number of aryl methyl sites for hydroxylation is 1. The highest BCUT2D eigenvalue weighted by Crippen LogP contribution is 2.20. The van der Waals surface area contributed by atoms with Gasteiger partial charge in [-0.2, -0.15) is 0 Å². The predicted octanol–water partition coefficient (Wildman–Crippen LogP) is 1.84. The van der Waals surface area contributed by atoms with E-state index < -0.39 is 12.0 Å². The molecule has 0 radical (unpaired) electrons. The lowest BCUT2D eigenvalue weighted by Gasteiger charge is -2.07. The van der Waals surface area contributed by atoms with Crippen LogP contribution >= 0.6 is 15.9 Å². The van der Waals surface area contributed by atoms with Crippen molar-refractivity contribution in [3.63, 3.8) is 0 Å². The summed E-state index contributed by atoms with van der Waals surface area (Å²) in [6.45, 7) is 1.93. The molecule has 3 N–H and O–H groups in total. The number of carboxylic acid groups (broad SMARTS) is 1. The van der Waals surface area contributed by atoms with Crippen molar-refractivity contribution in [2.24, 2.45) is 5.73 Å². The Labute approximate surface area is 84.7 Å². The fourth-order valence-corrected chi connectivity index (χ4v) is 1.34. The van der Waals surface area contributed by atoms with Gasteiger partial charge in [-0.3, -0.25) is 4.79 Å². The average Bonchev–Trinajstić information content (AvgIpc) is 2.08. The third kappa shape index (κ3) is 2.29. The zero-order chi connectivity index (χ0) is 10.0. The number of nitrogens with two attached hydrogens (primary N) is 1. The van der Waals surface area contributed by atoms with E-state index in [9.17, 15) is 4.79 Å². The average molecular weight is 244 g/mol. The SMILES string of the molecule is Cc1ccc([C@@H](N)C(=O)O)cc1Br. The van der Waals surface area contributed by atoms with E-state index >= 15 is 0 Å². The highest BCUT2D eigenvalue weighted by Gasteiger charge is 2.14. The van der Waals surface area contributed by atoms with Gasteiger partial charge < -0.3 is 10.8 Å². The first-order valence-electron chi connectivity index (χ1n) is 3.77. The predicted molar refractivity (Wildman–Crippen MR) is 53.4 cm³/mol. The van der Waals surface area contributed by atoms with Gasteiger partial charge in [-0.05, 0) is 24.1 Å². The largest absolute Gasteiger partial charge is 0.480 e. The maximum absolute atomic E-state index is 10.6. The molecule has 0 amide bonds. The van der Waals surface area contributed by atoms with E-state index in [2.05, 4.69) is 15.9 Å². The van der Waals surface area contributed by atoms with Crippen LogP contribution in [-0.2, 0) is 4.79 Å². The van der Waals surface area contributed by atoms with E-state index in [4.69, 9.17) is 10.8 Å². The summed E-state index contributed by atoms with van der Waals surface area (Å²) in [5.74, 6) is -1.02. The number of rotatable bonds is 2. The van der Waals surface area contributed by atoms with Crippen molar-refractivity contribution in [1.29, 1.82) is 0 Å². The van der Waals surface area contributed by atoms with Crippen LogP contribution in [0.4, 0.5) is 0 Å². The third-order valence-corrected chi connectivity index (χ3v) is 2.68. The highest BCUT2D eigenvalue weighted by molar-refractivity contribution is 9.10. The smallest absolute Gasteiger partial charge is 0.325 e. The molecule has 1 aromatic rings. The van der Waals surface area contributed by atoms with Crippen LogP contribution in [0.5, 0.6) is 0 Å². The minimum Gasteiger partial charge on any atom is -0.480 e. The molecule has 1 atom stereocenters. The normalized spacial score (nSPS) is 12.5. The molecule has 13 heavy (non-hydrogen) atoms. The first-order chi connectivity index (χ1) is 6.02. The molecular weight excluding hydrogens is 234 g/mol. The quantitative estimate of drug-likeness (QED) is 0.834. The van der Waals surface area contributed by atoms with Crippen LogP contribution in [0.2, 0.25) is 0 Å². The minimum atomic E-state index is -1.02. The fourth-order valence-electron chi connectivity index (χ4n) is 0.945. The standard InChI is InChI=1S/C9H10BrNO2/c1-5-2-3-6(4-7(5)10)8(11)9(12)13/h2-4,8H,11H2,1H3,(H,12,13)/t8-/m1/s1. The van der Waals surface area contributed by atoms with Crippen LogP contribution in [0.25, 0.3) is 0 Å². The van der Waals surface area contributed by atoms with Crippen molar-refractivity contribution < 1.29 is 9.90 Å². The zero-order valence-corrected chi connectivity index (χ0v) is 8.71. The summed E-state index contributed by atoms with van der Waals surface area (Å²) >= 11 is 3.31. The van der Waals surface area contributed by atoms with Gasteiger partial charge in [-0.25, -0.2) is 0 Å². The summed E-state index contributed by atoms with van der Waals surface area (Å²) in [6, 6.07) is 4.34. The number of hydrogen-bond donors (Lipinski definition) is 2. The lowest BCUT2D eigenvalue weighted by molar-refractivity contribution is -0.138. The minimum absolute atomic E-state index is 0.602. The van der Waals surface area contributed by atoms with Gasteiger partial charge in [0.25, 0.3) is 0 Å². The molecule has 3 nitrogen and oxygen atoms in total. The van der Waals surface area contributed by atoms with Crippen LogP contribution in [0.1, 0.15) is 17.2 Å². The Morgan fingerprint density at radius 2 is 2.23 bits per heavy atom. The second-order valence-corrected chi connectivity index (χ2v) is 3.68. The van der Waals surface area contributed by atoms with Crippen LogP contribution in [0.3, 0.4) is 0 Å². The van der Waals surface area contributed by atoms with E-state index in [0.29, 0.717) is 5.56 Å². The molecular formula is C9H10BrNO2. The second kappa shape index (κ2) is 3.89. The van der Waals surface area contributed by atoms with E-state index in [1.165, 1.54) is 0 Å². The van der Waals surface area contributed by atoms with Crippen molar-refractivity contribution in [2.45, 2.75) is 13.0 Å². The van der Waals surface area contributed by atoms with Gasteiger partial charge in [0.15, 0.2) is 0 Å². The number of benzene rings is 1. The molecule has 1 rings (SSSR count). The monoisotopic (exact) mass is 243 g/mol. The Kier molecular flexibility index (Phi) is 3.06. The van der Waals surface area contributed by atoms with E-state index in [0.717, 1.165) is 10.0 Å². The Morgan fingerprint density at radius 1 is 1.62 bits per heavy atom. The Bertz CT molecular complexity index is 338. The van der Waals surface area contributed by atoms with Crippen molar-refractivity contribution in [3.8, 4) is 0 Å². The van der Waals surface area contributed by atoms with Crippen LogP contribution in [0, 0.1) is 6.92 Å². The number of halogens is 1. The zero-order valence-electron chi connectivity index (χ0n) is 7.12. The maximum Gasteiger partial charge on any atom is 0.325 e. The van der Waals surface area contributed by atoms with E-state index in [1.54, 1.807) is 12.1 Å². The summed E-state index contributed by atoms with van der Waals surface area (Å²) in [6.07, 6.45) is 0. The number of hydrogen-bond acceptors (Lipinski definition) is 2. The molecule has 70 valence electrons. The summed E-state index contributed by atoms with van der Waals surface area (Å²) in [4.78, 5) is 10.6. The summed E-state index contributed by atoms with van der Waals surface area (Å²) in [5.41, 5.74) is 7.09. The first kappa shape index (κ1) is 10.2. The molecule has 0 heterocycles. The second-order valence-electron chi connectivity index (χ2n) is 2.82. The molecule has 0 aliphatic rings. The van der Waals surface area contributed by atoms with Gasteiger partial charge in [-0.1, -0.05) is 28.1 Å². The maximum atomic E-state index is 10.6. The number of aliphatic carboxylic acids is 1. The number of carboxylic acids is 1. The Hall–Kier alpha value is -0.870. The molecule has 4 heteroatoms. The highest BCUT2D eigenvalue weighted by atomic mass is 79.9. The van der Waals surface area contributed by atoms with Gasteiger partial charge in [0.1, 0.15) is 6.04 Å². The molecule has 0 aliphatic heterocycles. The molecule has 1 aromatic carbocycles. The van der Waals surface area contributed by atoms with E-state index in [1.807, 2.05) is 13.0 Å². The molecule has 0 bridgehead atoms. The van der Waals surface area contributed by atoms with Crippen LogP contribution in [-0.4, -0.2) is 11.1 Å². The topological polar surface area (TPSA) is 63.3 Å². The van der Waals surface area contributed by atoms with Crippen molar-refractivity contribution in [2.75, 3.05) is 0 Å². The molecule has 0 aromatic heterocycles. The number of carbonyl (C=O) groups is 1. The van der Waals surface area contributed by atoms with Gasteiger partial charge in [0.2, 0.25) is 0 Å². The lowest BCUT2D eigenvalue weighted by Crippen LogP contribution is -2.20. The molecule has 0 unspecified atom stereocenters. The van der Waals surface area contributed by atoms with Gasteiger partial charge in [0.05, 0.1) is 0 Å². The van der Waals surface area contributed by atoms with Gasteiger partial charge in [-0.15, -0.1) is 0 Å². The Balaban J connectivity index is 3.03. The molecule has 0 saturated carbocycles. The van der Waals surface area contributed by atoms with Gasteiger partial charge in [0, 0.05) is 4.47 Å². The van der Waals surface area contributed by atoms with E-state index in [-0.39, 0.29) is 0 Å². The molecule has 0 fully saturated rings. The van der Waals surface area contributed by atoms with Crippen molar-refractivity contribution in [1.82, 2.24) is 0 Å². The van der Waals surface area contributed by atoms with Crippen molar-refractivity contribution in [3.05, 3.63) is 33.8 Å². The summed E-state index contributed by atoms with van der Waals surface area (Å²) in [5, 5.41) is 8.66. The van der Waals surface area contributed by atoms with Crippen molar-refractivity contribution >= 4 is 21.9 Å². The molecule has 0 saturated heterocycles. The summed E-state index contributed by atoms with van der Waals surface area (Å²) in [7, 11) is 0. The lowest BCUT2D eigenvalue weighted by atomic mass is 10.1. The third-order valence-electron chi connectivity index (χ3n) is 1.82. The van der Waals surface area contributed by atoms with Crippen LogP contribution < -0.4 is 5.73 Å². The first-order valence-corrected chi connectivity index (χ1v) is 4.56. The fraction of sp³-hybridized carbons (Fsp3) is 0.222.